The Morgan fingerprint density at radius 3 is 1.97 bits per heavy atom. The van der Waals surface area contributed by atoms with E-state index in [-0.39, 0.29) is 24.9 Å². The van der Waals surface area contributed by atoms with Crippen molar-refractivity contribution in [2.45, 2.75) is 0 Å². The smallest absolute Gasteiger partial charge is 0.319 e. The monoisotopic (exact) mass is 401 g/mol. The van der Waals surface area contributed by atoms with Crippen molar-refractivity contribution < 1.29 is 19.1 Å². The van der Waals surface area contributed by atoms with Crippen molar-refractivity contribution in [1.29, 1.82) is 0 Å². The second kappa shape index (κ2) is 8.48. The molecule has 0 saturated carbocycles. The third-order valence-electron chi connectivity index (χ3n) is 4.59. The molecule has 0 fully saturated rings. The van der Waals surface area contributed by atoms with E-state index >= 15 is 0 Å². The Morgan fingerprint density at radius 1 is 0.767 bits per heavy atom. The zero-order valence-electron chi connectivity index (χ0n) is 16.0. The molecule has 1 aliphatic rings. The highest BCUT2D eigenvalue weighted by Crippen LogP contribution is 2.23. The van der Waals surface area contributed by atoms with Gasteiger partial charge in [-0.3, -0.25) is 14.5 Å². The molecule has 7 nitrogen and oxygen atoms in total. The van der Waals surface area contributed by atoms with Crippen LogP contribution in [0, 0.1) is 0 Å². The lowest BCUT2D eigenvalue weighted by Crippen LogP contribution is -2.39. The van der Waals surface area contributed by atoms with Crippen molar-refractivity contribution >= 4 is 23.5 Å². The molecule has 3 aromatic rings. The van der Waals surface area contributed by atoms with E-state index in [1.807, 2.05) is 30.3 Å². The van der Waals surface area contributed by atoms with Gasteiger partial charge < -0.3 is 15.4 Å². The highest BCUT2D eigenvalue weighted by molar-refractivity contribution is 6.21. The highest BCUT2D eigenvalue weighted by atomic mass is 16.5. The van der Waals surface area contributed by atoms with Gasteiger partial charge in [0.05, 0.1) is 11.1 Å². The summed E-state index contributed by atoms with van der Waals surface area (Å²) < 4.78 is 5.71. The largest absolute Gasteiger partial charge is 0.457 e. The minimum Gasteiger partial charge on any atom is -0.457 e. The number of rotatable bonds is 6. The number of fused-ring (bicyclic) bond motifs is 1. The summed E-state index contributed by atoms with van der Waals surface area (Å²) in [6, 6.07) is 22.6. The summed E-state index contributed by atoms with van der Waals surface area (Å²) in [7, 11) is 0. The van der Waals surface area contributed by atoms with Crippen LogP contribution in [0.4, 0.5) is 10.5 Å². The fourth-order valence-electron chi connectivity index (χ4n) is 3.13. The van der Waals surface area contributed by atoms with Gasteiger partial charge in [0.15, 0.2) is 0 Å². The average Bonchev–Trinajstić information content (AvgIpc) is 3.01. The van der Waals surface area contributed by atoms with E-state index < -0.39 is 6.03 Å². The molecule has 0 radical (unpaired) electrons. The van der Waals surface area contributed by atoms with Crippen LogP contribution in [0.2, 0.25) is 0 Å². The predicted octanol–water partition coefficient (Wildman–Crippen LogP) is 3.90. The molecular formula is C23H19N3O4. The third-order valence-corrected chi connectivity index (χ3v) is 4.59. The second-order valence-corrected chi connectivity index (χ2v) is 6.63. The van der Waals surface area contributed by atoms with Crippen molar-refractivity contribution in [3.05, 3.63) is 90.0 Å². The molecular weight excluding hydrogens is 382 g/mol. The zero-order chi connectivity index (χ0) is 20.9. The first-order valence-corrected chi connectivity index (χ1v) is 9.45. The molecule has 7 heteroatoms. The summed E-state index contributed by atoms with van der Waals surface area (Å²) in [5.74, 6) is 0.695. The molecule has 30 heavy (non-hydrogen) atoms. The van der Waals surface area contributed by atoms with E-state index in [0.29, 0.717) is 22.6 Å². The number of nitrogens with one attached hydrogen (secondary N) is 2. The molecule has 1 aliphatic heterocycles. The van der Waals surface area contributed by atoms with Crippen LogP contribution in [0.15, 0.2) is 78.9 Å². The molecule has 150 valence electrons. The van der Waals surface area contributed by atoms with Gasteiger partial charge in [-0.15, -0.1) is 0 Å². The standard InChI is InChI=1S/C23H19N3O4/c27-21-19-8-4-5-9-20(19)22(28)26(21)15-14-24-23(29)25-16-10-12-18(13-11-16)30-17-6-2-1-3-7-17/h1-13H,14-15H2,(H2,24,25,29). The predicted molar refractivity (Wildman–Crippen MR) is 112 cm³/mol. The quantitative estimate of drug-likeness (QED) is 0.614. The van der Waals surface area contributed by atoms with Crippen LogP contribution in [0.3, 0.4) is 0 Å². The Balaban J connectivity index is 1.25. The van der Waals surface area contributed by atoms with Crippen LogP contribution in [-0.4, -0.2) is 35.8 Å². The first-order valence-electron chi connectivity index (χ1n) is 9.45. The van der Waals surface area contributed by atoms with Gasteiger partial charge >= 0.3 is 6.03 Å². The second-order valence-electron chi connectivity index (χ2n) is 6.63. The van der Waals surface area contributed by atoms with Crippen LogP contribution in [0.25, 0.3) is 0 Å². The molecule has 0 spiro atoms. The summed E-state index contributed by atoms with van der Waals surface area (Å²) in [6.45, 7) is 0.246. The van der Waals surface area contributed by atoms with Gasteiger partial charge in [0, 0.05) is 18.8 Å². The molecule has 0 aliphatic carbocycles. The Hall–Kier alpha value is -4.13. The normalized spacial score (nSPS) is 12.5. The fraction of sp³-hybridized carbons (Fsp3) is 0.0870. The number of para-hydroxylation sites is 1. The van der Waals surface area contributed by atoms with Gasteiger partial charge in [0.25, 0.3) is 11.8 Å². The van der Waals surface area contributed by atoms with Gasteiger partial charge in [-0.05, 0) is 48.5 Å². The number of hydrogen-bond acceptors (Lipinski definition) is 4. The molecule has 3 aromatic carbocycles. The first kappa shape index (κ1) is 19.2. The minimum atomic E-state index is -0.427. The Labute approximate surface area is 173 Å². The highest BCUT2D eigenvalue weighted by Gasteiger charge is 2.34. The van der Waals surface area contributed by atoms with Crippen molar-refractivity contribution in [3.8, 4) is 11.5 Å². The topological polar surface area (TPSA) is 87.7 Å². The number of imide groups is 1. The van der Waals surface area contributed by atoms with E-state index in [2.05, 4.69) is 10.6 Å². The number of carbonyl (C=O) groups is 3. The number of nitrogens with zero attached hydrogens (tertiary/aromatic N) is 1. The minimum absolute atomic E-state index is 0.101. The summed E-state index contributed by atoms with van der Waals surface area (Å²) in [6.07, 6.45) is 0. The number of urea groups is 1. The summed E-state index contributed by atoms with van der Waals surface area (Å²) >= 11 is 0. The summed E-state index contributed by atoms with van der Waals surface area (Å²) in [4.78, 5) is 37.8. The molecule has 0 aromatic heterocycles. The van der Waals surface area contributed by atoms with Crippen molar-refractivity contribution in [2.75, 3.05) is 18.4 Å². The van der Waals surface area contributed by atoms with Gasteiger partial charge in [0.1, 0.15) is 11.5 Å². The van der Waals surface area contributed by atoms with Crippen molar-refractivity contribution in [2.24, 2.45) is 0 Å². The molecule has 0 unspecified atom stereocenters. The number of ether oxygens (including phenoxy) is 1. The van der Waals surface area contributed by atoms with Crippen LogP contribution < -0.4 is 15.4 Å². The maximum Gasteiger partial charge on any atom is 0.319 e. The Morgan fingerprint density at radius 2 is 1.33 bits per heavy atom. The van der Waals surface area contributed by atoms with E-state index in [1.54, 1.807) is 48.5 Å². The van der Waals surface area contributed by atoms with E-state index in [4.69, 9.17) is 4.74 Å². The summed E-state index contributed by atoms with van der Waals surface area (Å²) in [5.41, 5.74) is 1.38. The lowest BCUT2D eigenvalue weighted by molar-refractivity contribution is 0.0656. The lowest BCUT2D eigenvalue weighted by Gasteiger charge is -2.14. The third kappa shape index (κ3) is 4.15. The van der Waals surface area contributed by atoms with E-state index in [9.17, 15) is 14.4 Å². The SMILES string of the molecule is O=C(NCCN1C(=O)c2ccccc2C1=O)Nc1ccc(Oc2ccccc2)cc1. The number of amides is 4. The van der Waals surface area contributed by atoms with Gasteiger partial charge in [-0.1, -0.05) is 30.3 Å². The molecule has 4 amide bonds. The maximum atomic E-state index is 12.3. The Bertz CT molecular complexity index is 1050. The summed E-state index contributed by atoms with van der Waals surface area (Å²) in [5, 5.41) is 5.36. The number of carbonyl (C=O) groups excluding carboxylic acids is 3. The van der Waals surface area contributed by atoms with Crippen LogP contribution in [-0.2, 0) is 0 Å². The van der Waals surface area contributed by atoms with E-state index in [0.717, 1.165) is 10.6 Å². The van der Waals surface area contributed by atoms with Gasteiger partial charge in [0.2, 0.25) is 0 Å². The number of anilines is 1. The number of benzene rings is 3. The number of hydrogen-bond donors (Lipinski definition) is 2. The lowest BCUT2D eigenvalue weighted by atomic mass is 10.1. The maximum absolute atomic E-state index is 12.3. The zero-order valence-corrected chi connectivity index (χ0v) is 16.0. The van der Waals surface area contributed by atoms with Gasteiger partial charge in [-0.2, -0.15) is 0 Å². The average molecular weight is 401 g/mol. The molecule has 2 N–H and O–H groups in total. The fourth-order valence-corrected chi connectivity index (χ4v) is 3.13. The molecule has 4 rings (SSSR count). The first-order chi connectivity index (χ1) is 14.6. The van der Waals surface area contributed by atoms with Crippen LogP contribution in [0.5, 0.6) is 11.5 Å². The van der Waals surface area contributed by atoms with Crippen molar-refractivity contribution in [1.82, 2.24) is 10.2 Å². The molecule has 0 atom stereocenters. The van der Waals surface area contributed by atoms with Crippen LogP contribution in [0.1, 0.15) is 20.7 Å². The van der Waals surface area contributed by atoms with Gasteiger partial charge in [-0.25, -0.2) is 4.79 Å². The van der Waals surface area contributed by atoms with E-state index in [1.165, 1.54) is 0 Å². The molecule has 0 bridgehead atoms. The molecule has 0 saturated heterocycles. The van der Waals surface area contributed by atoms with Crippen molar-refractivity contribution in [3.63, 3.8) is 0 Å². The molecule has 1 heterocycles. The van der Waals surface area contributed by atoms with Crippen LogP contribution >= 0.6 is 0 Å². The Kier molecular flexibility index (Phi) is 5.43.